The van der Waals surface area contributed by atoms with Gasteiger partial charge in [-0.25, -0.2) is 0 Å². The first-order valence-corrected chi connectivity index (χ1v) is 9.53. The number of piperazine rings is 1. The summed E-state index contributed by atoms with van der Waals surface area (Å²) in [5.41, 5.74) is 2.74. The van der Waals surface area contributed by atoms with E-state index >= 15 is 0 Å². The molecule has 2 saturated heterocycles. The smallest absolute Gasteiger partial charge is 0.142 e. The number of anilines is 1. The second-order valence-electron chi connectivity index (χ2n) is 7.31. The summed E-state index contributed by atoms with van der Waals surface area (Å²) >= 11 is 0. The number of para-hydroxylation sites is 2. The monoisotopic (exact) mass is 336 g/mol. The van der Waals surface area contributed by atoms with Crippen molar-refractivity contribution in [2.24, 2.45) is 0 Å². The van der Waals surface area contributed by atoms with Gasteiger partial charge < -0.3 is 9.64 Å². The highest BCUT2D eigenvalue weighted by Crippen LogP contribution is 2.39. The summed E-state index contributed by atoms with van der Waals surface area (Å²) in [6.07, 6.45) is 5.04. The van der Waals surface area contributed by atoms with Crippen LogP contribution in [0, 0.1) is 0 Å². The fourth-order valence-corrected chi connectivity index (χ4v) is 4.56. The summed E-state index contributed by atoms with van der Waals surface area (Å²) in [7, 11) is 1.78. The predicted octanol–water partition coefficient (Wildman–Crippen LogP) is 3.98. The van der Waals surface area contributed by atoms with Crippen LogP contribution >= 0.6 is 0 Å². The molecule has 2 bridgehead atoms. The van der Waals surface area contributed by atoms with E-state index < -0.39 is 0 Å². The lowest BCUT2D eigenvalue weighted by atomic mass is 10.1. The quantitative estimate of drug-likeness (QED) is 0.793. The number of benzene rings is 2. The summed E-state index contributed by atoms with van der Waals surface area (Å²) in [4.78, 5) is 5.31. The molecule has 4 rings (SSSR count). The average molecular weight is 336 g/mol. The van der Waals surface area contributed by atoms with E-state index in [1.165, 1.54) is 56.6 Å². The Balaban J connectivity index is 1.37. The highest BCUT2D eigenvalue weighted by molar-refractivity contribution is 5.61. The average Bonchev–Trinajstić information content (AvgIpc) is 2.92. The summed E-state index contributed by atoms with van der Waals surface area (Å²) in [6, 6.07) is 20.6. The Hall–Kier alpha value is -2.00. The van der Waals surface area contributed by atoms with E-state index in [1.54, 1.807) is 7.11 Å². The third-order valence-corrected chi connectivity index (χ3v) is 5.70. The maximum atomic E-state index is 5.61. The fourth-order valence-electron chi connectivity index (χ4n) is 4.56. The van der Waals surface area contributed by atoms with Crippen LogP contribution < -0.4 is 9.64 Å². The molecule has 2 aliphatic rings. The van der Waals surface area contributed by atoms with Crippen molar-refractivity contribution in [2.45, 2.75) is 37.8 Å². The Bertz CT molecular complexity index is 673. The van der Waals surface area contributed by atoms with Gasteiger partial charge in [-0.1, -0.05) is 42.5 Å². The van der Waals surface area contributed by atoms with E-state index in [2.05, 4.69) is 64.4 Å². The maximum Gasteiger partial charge on any atom is 0.142 e. The normalized spacial score (nSPS) is 23.0. The second kappa shape index (κ2) is 7.49. The van der Waals surface area contributed by atoms with Crippen LogP contribution in [0.25, 0.3) is 0 Å². The number of fused-ring (bicyclic) bond motifs is 2. The Labute approximate surface area is 151 Å². The number of likely N-dealkylation sites (tertiary alicyclic amines) is 1. The highest BCUT2D eigenvalue weighted by atomic mass is 16.5. The molecule has 0 aliphatic carbocycles. The van der Waals surface area contributed by atoms with Crippen molar-refractivity contribution >= 4 is 5.69 Å². The van der Waals surface area contributed by atoms with Crippen molar-refractivity contribution in [3.63, 3.8) is 0 Å². The topological polar surface area (TPSA) is 15.7 Å². The molecule has 3 heteroatoms. The van der Waals surface area contributed by atoms with Crippen molar-refractivity contribution in [1.29, 1.82) is 0 Å². The molecular weight excluding hydrogens is 308 g/mol. The van der Waals surface area contributed by atoms with Crippen molar-refractivity contribution < 1.29 is 4.74 Å². The second-order valence-corrected chi connectivity index (χ2v) is 7.31. The highest BCUT2D eigenvalue weighted by Gasteiger charge is 2.40. The van der Waals surface area contributed by atoms with Gasteiger partial charge in [0.2, 0.25) is 0 Å². The number of hydrogen-bond donors (Lipinski definition) is 0. The zero-order valence-electron chi connectivity index (χ0n) is 15.1. The largest absolute Gasteiger partial charge is 0.495 e. The van der Waals surface area contributed by atoms with Gasteiger partial charge >= 0.3 is 0 Å². The Morgan fingerprint density at radius 2 is 1.60 bits per heavy atom. The van der Waals surface area contributed by atoms with Gasteiger partial charge in [-0.3, -0.25) is 4.90 Å². The van der Waals surface area contributed by atoms with Gasteiger partial charge in [-0.15, -0.1) is 0 Å². The predicted molar refractivity (Wildman–Crippen MR) is 103 cm³/mol. The molecular formula is C22H28N2O. The molecule has 2 atom stereocenters. The summed E-state index contributed by atoms with van der Waals surface area (Å²) in [5, 5.41) is 0. The van der Waals surface area contributed by atoms with E-state index in [-0.39, 0.29) is 0 Å². The zero-order valence-corrected chi connectivity index (χ0v) is 15.1. The van der Waals surface area contributed by atoms with E-state index in [0.29, 0.717) is 12.1 Å². The van der Waals surface area contributed by atoms with E-state index in [9.17, 15) is 0 Å². The first-order chi connectivity index (χ1) is 12.3. The number of hydrogen-bond acceptors (Lipinski definition) is 3. The lowest BCUT2D eigenvalue weighted by molar-refractivity contribution is 0.216. The van der Waals surface area contributed by atoms with Gasteiger partial charge in [0.05, 0.1) is 12.8 Å². The molecule has 0 N–H and O–H groups in total. The molecule has 2 fully saturated rings. The van der Waals surface area contributed by atoms with Gasteiger partial charge in [-0.05, 0) is 49.9 Å². The van der Waals surface area contributed by atoms with Crippen molar-refractivity contribution in [2.75, 3.05) is 31.6 Å². The molecule has 2 heterocycles. The van der Waals surface area contributed by atoms with E-state index in [0.717, 1.165) is 5.75 Å². The van der Waals surface area contributed by atoms with E-state index in [4.69, 9.17) is 4.74 Å². The van der Waals surface area contributed by atoms with Crippen LogP contribution in [0.15, 0.2) is 54.6 Å². The molecule has 2 aromatic rings. The number of aryl methyl sites for hydroxylation is 1. The third-order valence-electron chi connectivity index (χ3n) is 5.70. The Kier molecular flexibility index (Phi) is 4.93. The molecule has 2 unspecified atom stereocenters. The van der Waals surface area contributed by atoms with Gasteiger partial charge in [0.15, 0.2) is 0 Å². The summed E-state index contributed by atoms with van der Waals surface area (Å²) < 4.78 is 5.61. The Morgan fingerprint density at radius 3 is 2.32 bits per heavy atom. The van der Waals surface area contributed by atoms with Gasteiger partial charge in [-0.2, -0.15) is 0 Å². The molecule has 0 amide bonds. The third kappa shape index (κ3) is 3.52. The molecule has 0 spiro atoms. The van der Waals surface area contributed by atoms with Crippen LogP contribution in [-0.4, -0.2) is 43.7 Å². The number of methoxy groups -OCH3 is 1. The van der Waals surface area contributed by atoms with Gasteiger partial charge in [0.1, 0.15) is 5.75 Å². The maximum absolute atomic E-state index is 5.61. The van der Waals surface area contributed by atoms with Crippen LogP contribution in [0.2, 0.25) is 0 Å². The molecule has 2 aromatic carbocycles. The van der Waals surface area contributed by atoms with Crippen LogP contribution in [0.3, 0.4) is 0 Å². The number of rotatable bonds is 6. The van der Waals surface area contributed by atoms with Crippen LogP contribution in [-0.2, 0) is 6.42 Å². The lowest BCUT2D eigenvalue weighted by Crippen LogP contribution is -2.54. The summed E-state index contributed by atoms with van der Waals surface area (Å²) in [5.74, 6) is 1.01. The van der Waals surface area contributed by atoms with Crippen LogP contribution in [0.5, 0.6) is 5.75 Å². The number of nitrogens with zero attached hydrogens (tertiary/aromatic N) is 2. The fraction of sp³-hybridized carbons (Fsp3) is 0.455. The minimum absolute atomic E-state index is 0.631. The molecule has 25 heavy (non-hydrogen) atoms. The first-order valence-electron chi connectivity index (χ1n) is 9.53. The van der Waals surface area contributed by atoms with Crippen LogP contribution in [0.1, 0.15) is 24.8 Å². The molecule has 0 saturated carbocycles. The van der Waals surface area contributed by atoms with Crippen LogP contribution in [0.4, 0.5) is 5.69 Å². The summed E-state index contributed by atoms with van der Waals surface area (Å²) in [6.45, 7) is 3.58. The SMILES string of the molecule is COc1ccccc1N1C2CCC1CN(CCCc1ccccc1)C2. The van der Waals surface area contributed by atoms with Gasteiger partial charge in [0.25, 0.3) is 0 Å². The lowest BCUT2D eigenvalue weighted by Gasteiger charge is -2.43. The molecule has 3 nitrogen and oxygen atoms in total. The van der Waals surface area contributed by atoms with Crippen molar-refractivity contribution in [3.8, 4) is 5.75 Å². The first kappa shape index (κ1) is 16.5. The van der Waals surface area contributed by atoms with Gasteiger partial charge in [0, 0.05) is 25.2 Å². The van der Waals surface area contributed by atoms with Crippen molar-refractivity contribution in [3.05, 3.63) is 60.2 Å². The van der Waals surface area contributed by atoms with Crippen molar-refractivity contribution in [1.82, 2.24) is 4.90 Å². The molecule has 0 aromatic heterocycles. The molecule has 2 aliphatic heterocycles. The minimum Gasteiger partial charge on any atom is -0.495 e. The van der Waals surface area contributed by atoms with E-state index in [1.807, 2.05) is 0 Å². The molecule has 132 valence electrons. The number of ether oxygens (including phenoxy) is 1. The Morgan fingerprint density at radius 1 is 0.920 bits per heavy atom. The standard InChI is InChI=1S/C22H28N2O/c1-25-22-12-6-5-11-21(22)24-19-13-14-20(24)17-23(16-19)15-7-10-18-8-3-2-4-9-18/h2-6,8-9,11-12,19-20H,7,10,13-17H2,1H3. The zero-order chi connectivity index (χ0) is 17.1. The minimum atomic E-state index is 0.631. The molecule has 0 radical (unpaired) electrons.